The first-order chi connectivity index (χ1) is 23.5. The van der Waals surface area contributed by atoms with Crippen LogP contribution in [0.3, 0.4) is 0 Å². The Bertz CT molecular complexity index is 2010. The molecule has 0 aliphatic rings. The first-order valence-electron chi connectivity index (χ1n) is 16.2. The fourth-order valence-corrected chi connectivity index (χ4v) is 6.89. The predicted octanol–water partition coefficient (Wildman–Crippen LogP) is 9.20. The second-order valence-electron chi connectivity index (χ2n) is 12.0. The molecule has 0 aliphatic heterocycles. The molecule has 5 nitrogen and oxygen atoms in total. The summed E-state index contributed by atoms with van der Waals surface area (Å²) in [5, 5.41) is 7.89. The van der Waals surface area contributed by atoms with Crippen molar-refractivity contribution in [2.45, 2.75) is 32.5 Å². The summed E-state index contributed by atoms with van der Waals surface area (Å²) in [5.74, 6) is -0.00494. The smallest absolute Gasteiger partial charge is 0.328 e. The number of nitrogens with one attached hydrogen (secondary N) is 1. The van der Waals surface area contributed by atoms with Crippen molar-refractivity contribution in [3.63, 3.8) is 0 Å². The highest BCUT2D eigenvalue weighted by Gasteiger charge is 2.24. The van der Waals surface area contributed by atoms with E-state index in [1.54, 1.807) is 11.8 Å². The van der Waals surface area contributed by atoms with Gasteiger partial charge in [0.05, 0.1) is 7.11 Å². The van der Waals surface area contributed by atoms with Gasteiger partial charge in [-0.05, 0) is 105 Å². The average Bonchev–Trinajstić information content (AvgIpc) is 3.13. The van der Waals surface area contributed by atoms with Gasteiger partial charge in [0, 0.05) is 24.3 Å². The Balaban J connectivity index is 1.41. The molecule has 1 N–H and O–H groups in total. The van der Waals surface area contributed by atoms with Gasteiger partial charge in [0.25, 0.3) is 5.91 Å². The summed E-state index contributed by atoms with van der Waals surface area (Å²) >= 11 is 1.63. The lowest BCUT2D eigenvalue weighted by molar-refractivity contribution is -0.142. The van der Waals surface area contributed by atoms with Gasteiger partial charge in [-0.25, -0.2) is 4.79 Å². The fraction of sp³-hybridized carbons (Fsp3) is 0.190. The Morgan fingerprint density at radius 1 is 0.750 bits per heavy atom. The van der Waals surface area contributed by atoms with Crippen LogP contribution in [0.15, 0.2) is 127 Å². The van der Waals surface area contributed by atoms with E-state index in [1.807, 2.05) is 42.7 Å². The van der Waals surface area contributed by atoms with Crippen LogP contribution in [0.4, 0.5) is 5.69 Å². The summed E-state index contributed by atoms with van der Waals surface area (Å²) in [5.41, 5.74) is 6.88. The average molecular weight is 653 g/mol. The van der Waals surface area contributed by atoms with E-state index >= 15 is 0 Å². The first-order valence-corrected chi connectivity index (χ1v) is 17.6. The molecule has 242 valence electrons. The second-order valence-corrected chi connectivity index (χ2v) is 13.0. The highest BCUT2D eigenvalue weighted by atomic mass is 32.2. The third-order valence-electron chi connectivity index (χ3n) is 8.89. The third-order valence-corrected chi connectivity index (χ3v) is 9.54. The van der Waals surface area contributed by atoms with Crippen molar-refractivity contribution in [1.29, 1.82) is 0 Å². The molecule has 6 aromatic carbocycles. The van der Waals surface area contributed by atoms with Gasteiger partial charge in [0.1, 0.15) is 6.04 Å². The molecule has 6 rings (SSSR count). The number of amides is 1. The van der Waals surface area contributed by atoms with Crippen molar-refractivity contribution in [1.82, 2.24) is 5.32 Å². The normalized spacial score (nSPS) is 11.7. The molecule has 48 heavy (non-hydrogen) atoms. The number of carbonyl (C=O) groups is 2. The molecule has 0 unspecified atom stereocenters. The lowest BCUT2D eigenvalue weighted by atomic mass is 9.93. The van der Waals surface area contributed by atoms with Crippen LogP contribution in [0.5, 0.6) is 0 Å². The summed E-state index contributed by atoms with van der Waals surface area (Å²) in [4.78, 5) is 28.8. The van der Waals surface area contributed by atoms with E-state index in [0.717, 1.165) is 33.7 Å². The number of hydrogen-bond donors (Lipinski definition) is 1. The summed E-state index contributed by atoms with van der Waals surface area (Å²) in [6, 6.07) is 43.4. The number of hydrogen-bond acceptors (Lipinski definition) is 5. The zero-order valence-electron chi connectivity index (χ0n) is 27.6. The number of ether oxygens (including phenoxy) is 1. The zero-order valence-corrected chi connectivity index (χ0v) is 28.4. The fourth-order valence-electron chi connectivity index (χ4n) is 6.42. The predicted molar refractivity (Wildman–Crippen MR) is 201 cm³/mol. The molecule has 0 fully saturated rings. The van der Waals surface area contributed by atoms with Crippen LogP contribution < -0.4 is 10.2 Å². The molecule has 6 heteroatoms. The van der Waals surface area contributed by atoms with Gasteiger partial charge in [-0.2, -0.15) is 11.8 Å². The Labute approximate surface area is 286 Å². The number of aryl methyl sites for hydroxylation is 1. The van der Waals surface area contributed by atoms with Crippen molar-refractivity contribution < 1.29 is 14.3 Å². The van der Waals surface area contributed by atoms with E-state index in [-0.39, 0.29) is 5.91 Å². The number of methoxy groups -OCH3 is 1. The standard InChI is InChI=1S/C42H40N2O3S/c1-29-13-7-10-18-34(29)38-25-30(21-22-37(38)41(45)43-40(23-24-48-3)42(46)47-2)27-44(33-16-5-4-6-17-33)28-39-35-19-11-8-14-31(35)26-32-15-9-12-20-36(32)39/h4-22,25-26,40H,23-24,27-28H2,1-3H3,(H,43,45)/t40-/m0/s1. The van der Waals surface area contributed by atoms with Crippen LogP contribution in [0.1, 0.15) is 33.5 Å². The minimum absolute atomic E-state index is 0.293. The van der Waals surface area contributed by atoms with Crippen molar-refractivity contribution >= 4 is 50.9 Å². The number of benzene rings is 6. The van der Waals surface area contributed by atoms with E-state index in [4.69, 9.17) is 4.74 Å². The van der Waals surface area contributed by atoms with Gasteiger partial charge in [-0.3, -0.25) is 4.79 Å². The van der Waals surface area contributed by atoms with Crippen LogP contribution in [0.2, 0.25) is 0 Å². The molecule has 0 saturated heterocycles. The van der Waals surface area contributed by atoms with Gasteiger partial charge in [-0.1, -0.05) is 97.1 Å². The summed E-state index contributed by atoms with van der Waals surface area (Å²) in [6.45, 7) is 3.38. The van der Waals surface area contributed by atoms with Crippen molar-refractivity contribution in [2.75, 3.05) is 24.0 Å². The molecule has 6 aromatic rings. The molecule has 1 atom stereocenters. The minimum Gasteiger partial charge on any atom is -0.467 e. The minimum atomic E-state index is -0.719. The Morgan fingerprint density at radius 2 is 1.40 bits per heavy atom. The molecular formula is C42H40N2O3S. The van der Waals surface area contributed by atoms with E-state index in [0.29, 0.717) is 25.1 Å². The van der Waals surface area contributed by atoms with Crippen LogP contribution in [-0.2, 0) is 22.6 Å². The molecule has 0 aliphatic carbocycles. The van der Waals surface area contributed by atoms with Crippen LogP contribution >= 0.6 is 11.8 Å². The zero-order chi connectivity index (χ0) is 33.5. The quantitative estimate of drug-likeness (QED) is 0.106. The number of thioether (sulfide) groups is 1. The Morgan fingerprint density at radius 3 is 2.06 bits per heavy atom. The highest BCUT2D eigenvalue weighted by Crippen LogP contribution is 2.33. The van der Waals surface area contributed by atoms with Gasteiger partial charge in [0.2, 0.25) is 0 Å². The molecule has 0 aromatic heterocycles. The largest absolute Gasteiger partial charge is 0.467 e. The number of anilines is 1. The highest BCUT2D eigenvalue weighted by molar-refractivity contribution is 7.98. The van der Waals surface area contributed by atoms with Crippen molar-refractivity contribution in [3.8, 4) is 11.1 Å². The molecule has 0 spiro atoms. The number of rotatable bonds is 12. The molecular weight excluding hydrogens is 613 g/mol. The Hall–Kier alpha value is -5.07. The molecule has 0 saturated carbocycles. The summed E-state index contributed by atoms with van der Waals surface area (Å²) < 4.78 is 5.02. The van der Waals surface area contributed by atoms with Gasteiger partial charge in [0.15, 0.2) is 0 Å². The van der Waals surface area contributed by atoms with E-state index in [2.05, 4.69) is 108 Å². The van der Waals surface area contributed by atoms with E-state index in [1.165, 1.54) is 34.2 Å². The number of esters is 1. The van der Waals surface area contributed by atoms with Crippen LogP contribution in [0, 0.1) is 6.92 Å². The lowest BCUT2D eigenvalue weighted by Crippen LogP contribution is -2.42. The third kappa shape index (κ3) is 7.24. The maximum atomic E-state index is 13.9. The van der Waals surface area contributed by atoms with Gasteiger partial charge >= 0.3 is 5.97 Å². The maximum Gasteiger partial charge on any atom is 0.328 e. The van der Waals surface area contributed by atoms with Crippen LogP contribution in [-0.4, -0.2) is 37.0 Å². The number of carbonyl (C=O) groups excluding carboxylic acids is 2. The second kappa shape index (κ2) is 15.2. The molecule has 0 heterocycles. The molecule has 0 radical (unpaired) electrons. The SMILES string of the molecule is COC(=O)[C@H](CCSC)NC(=O)c1ccc(CN(Cc2c3ccccc3cc3ccccc23)c2ccccc2)cc1-c1ccccc1C. The van der Waals surface area contributed by atoms with Gasteiger partial charge in [-0.15, -0.1) is 0 Å². The number of para-hydroxylation sites is 1. The van der Waals surface area contributed by atoms with Crippen molar-refractivity contribution in [3.05, 3.63) is 150 Å². The molecule has 0 bridgehead atoms. The monoisotopic (exact) mass is 652 g/mol. The summed E-state index contributed by atoms with van der Waals surface area (Å²) in [6.07, 6.45) is 2.47. The first kappa shape index (κ1) is 32.9. The maximum absolute atomic E-state index is 13.9. The number of nitrogens with zero attached hydrogens (tertiary/aromatic N) is 1. The van der Waals surface area contributed by atoms with E-state index < -0.39 is 12.0 Å². The lowest BCUT2D eigenvalue weighted by Gasteiger charge is -2.27. The van der Waals surface area contributed by atoms with Crippen LogP contribution in [0.25, 0.3) is 32.7 Å². The topological polar surface area (TPSA) is 58.6 Å². The Kier molecular flexibility index (Phi) is 10.4. The van der Waals surface area contributed by atoms with Crippen molar-refractivity contribution in [2.24, 2.45) is 0 Å². The van der Waals surface area contributed by atoms with Gasteiger partial charge < -0.3 is 15.0 Å². The molecule has 1 amide bonds. The van der Waals surface area contributed by atoms with E-state index in [9.17, 15) is 9.59 Å². The summed E-state index contributed by atoms with van der Waals surface area (Å²) in [7, 11) is 1.35. The number of fused-ring (bicyclic) bond motifs is 2.